The Labute approximate surface area is 157 Å². The number of amides is 2. The molecule has 2 amide bonds. The van der Waals surface area contributed by atoms with Crippen LogP contribution in [0.5, 0.6) is 0 Å². The standard InChI is InChI=1S/C21H20N4O2/c26-20-6-2-12-24(20)19-5-1-4-16(14-19)15-22-21(27)17-7-9-18(10-8-17)25-13-3-11-23-25/h1,3-5,7-11,13-14H,2,6,12,15H2,(H,22,27). The maximum atomic E-state index is 12.4. The molecule has 0 aliphatic carbocycles. The number of rotatable bonds is 5. The maximum absolute atomic E-state index is 12.4. The summed E-state index contributed by atoms with van der Waals surface area (Å²) in [6, 6.07) is 16.9. The number of carbonyl (C=O) groups excluding carboxylic acids is 2. The van der Waals surface area contributed by atoms with Crippen molar-refractivity contribution in [2.45, 2.75) is 19.4 Å². The van der Waals surface area contributed by atoms with E-state index in [9.17, 15) is 9.59 Å². The monoisotopic (exact) mass is 360 g/mol. The summed E-state index contributed by atoms with van der Waals surface area (Å²) in [5.41, 5.74) is 3.36. The Morgan fingerprint density at radius 2 is 1.93 bits per heavy atom. The molecule has 0 atom stereocenters. The molecule has 2 aromatic carbocycles. The number of anilines is 1. The van der Waals surface area contributed by atoms with Crippen molar-refractivity contribution in [1.82, 2.24) is 15.1 Å². The van der Waals surface area contributed by atoms with Crippen LogP contribution in [-0.4, -0.2) is 28.1 Å². The van der Waals surface area contributed by atoms with Crippen molar-refractivity contribution in [1.29, 1.82) is 0 Å². The Morgan fingerprint density at radius 3 is 2.63 bits per heavy atom. The molecule has 6 heteroatoms. The van der Waals surface area contributed by atoms with E-state index in [0.717, 1.165) is 29.9 Å². The molecule has 0 bridgehead atoms. The highest BCUT2D eigenvalue weighted by Crippen LogP contribution is 2.22. The minimum atomic E-state index is -0.135. The van der Waals surface area contributed by atoms with Gasteiger partial charge in [0.25, 0.3) is 5.91 Å². The molecule has 2 heterocycles. The largest absolute Gasteiger partial charge is 0.348 e. The van der Waals surface area contributed by atoms with Gasteiger partial charge in [-0.2, -0.15) is 5.10 Å². The third-order valence-electron chi connectivity index (χ3n) is 4.65. The normalized spacial score (nSPS) is 13.8. The molecule has 3 aromatic rings. The predicted molar refractivity (Wildman–Crippen MR) is 103 cm³/mol. The van der Waals surface area contributed by atoms with Crippen molar-refractivity contribution in [3.63, 3.8) is 0 Å². The Kier molecular flexibility index (Phi) is 4.70. The van der Waals surface area contributed by atoms with Gasteiger partial charge >= 0.3 is 0 Å². The molecule has 1 N–H and O–H groups in total. The van der Waals surface area contributed by atoms with E-state index in [1.807, 2.05) is 48.7 Å². The summed E-state index contributed by atoms with van der Waals surface area (Å²) in [6.45, 7) is 1.17. The molecule has 1 aliphatic heterocycles. The quantitative estimate of drug-likeness (QED) is 0.761. The summed E-state index contributed by atoms with van der Waals surface area (Å²) in [6.07, 6.45) is 5.07. The molecule has 0 saturated carbocycles. The van der Waals surface area contributed by atoms with Gasteiger partial charge in [-0.1, -0.05) is 12.1 Å². The number of hydrogen-bond donors (Lipinski definition) is 1. The molecular formula is C21H20N4O2. The van der Waals surface area contributed by atoms with E-state index in [-0.39, 0.29) is 11.8 Å². The Bertz CT molecular complexity index is 949. The zero-order valence-corrected chi connectivity index (χ0v) is 14.8. The van der Waals surface area contributed by atoms with E-state index in [2.05, 4.69) is 10.4 Å². The van der Waals surface area contributed by atoms with Crippen molar-refractivity contribution in [3.8, 4) is 5.69 Å². The molecule has 0 radical (unpaired) electrons. The first kappa shape index (κ1) is 17.0. The van der Waals surface area contributed by atoms with Gasteiger partial charge in [0.1, 0.15) is 0 Å². The smallest absolute Gasteiger partial charge is 0.251 e. The van der Waals surface area contributed by atoms with Crippen LogP contribution in [0.25, 0.3) is 5.69 Å². The van der Waals surface area contributed by atoms with E-state index < -0.39 is 0 Å². The van der Waals surface area contributed by atoms with E-state index in [0.29, 0.717) is 18.5 Å². The maximum Gasteiger partial charge on any atom is 0.251 e. The van der Waals surface area contributed by atoms with Gasteiger partial charge in [-0.15, -0.1) is 0 Å². The van der Waals surface area contributed by atoms with E-state index in [1.165, 1.54) is 0 Å². The SMILES string of the molecule is O=C(NCc1cccc(N2CCCC2=O)c1)c1ccc(-n2cccn2)cc1. The summed E-state index contributed by atoms with van der Waals surface area (Å²) < 4.78 is 1.74. The number of benzene rings is 2. The number of hydrogen-bond acceptors (Lipinski definition) is 3. The first-order valence-corrected chi connectivity index (χ1v) is 8.98. The number of nitrogens with zero attached hydrogens (tertiary/aromatic N) is 3. The third kappa shape index (κ3) is 3.74. The van der Waals surface area contributed by atoms with Crippen LogP contribution < -0.4 is 10.2 Å². The first-order chi connectivity index (χ1) is 13.2. The average Bonchev–Trinajstić information content (AvgIpc) is 3.38. The lowest BCUT2D eigenvalue weighted by atomic mass is 10.1. The van der Waals surface area contributed by atoms with Crippen LogP contribution in [0.2, 0.25) is 0 Å². The van der Waals surface area contributed by atoms with Crippen molar-refractivity contribution in [3.05, 3.63) is 78.1 Å². The summed E-state index contributed by atoms with van der Waals surface area (Å²) in [4.78, 5) is 26.1. The van der Waals surface area contributed by atoms with Crippen LogP contribution in [0, 0.1) is 0 Å². The zero-order chi connectivity index (χ0) is 18.6. The molecular weight excluding hydrogens is 340 g/mol. The average molecular weight is 360 g/mol. The minimum absolute atomic E-state index is 0.135. The zero-order valence-electron chi connectivity index (χ0n) is 14.8. The van der Waals surface area contributed by atoms with E-state index in [4.69, 9.17) is 0 Å². The fourth-order valence-corrected chi connectivity index (χ4v) is 3.23. The van der Waals surface area contributed by atoms with Gasteiger partial charge in [-0.05, 0) is 54.4 Å². The topological polar surface area (TPSA) is 67.2 Å². The molecule has 6 nitrogen and oxygen atoms in total. The third-order valence-corrected chi connectivity index (χ3v) is 4.65. The molecule has 0 spiro atoms. The summed E-state index contributed by atoms with van der Waals surface area (Å²) in [5, 5.41) is 7.11. The predicted octanol–water partition coefficient (Wildman–Crippen LogP) is 2.93. The second kappa shape index (κ2) is 7.45. The molecule has 1 aliphatic rings. The second-order valence-corrected chi connectivity index (χ2v) is 6.50. The Hall–Kier alpha value is -3.41. The van der Waals surface area contributed by atoms with Gasteiger partial charge in [0.05, 0.1) is 5.69 Å². The molecule has 0 unspecified atom stereocenters. The van der Waals surface area contributed by atoms with Gasteiger partial charge < -0.3 is 10.2 Å². The summed E-state index contributed by atoms with van der Waals surface area (Å²) in [5.74, 6) is 0.0260. The fourth-order valence-electron chi connectivity index (χ4n) is 3.23. The number of aromatic nitrogens is 2. The van der Waals surface area contributed by atoms with Crippen LogP contribution in [0.15, 0.2) is 67.0 Å². The molecule has 27 heavy (non-hydrogen) atoms. The van der Waals surface area contributed by atoms with Crippen LogP contribution >= 0.6 is 0 Å². The summed E-state index contributed by atoms with van der Waals surface area (Å²) >= 11 is 0. The highest BCUT2D eigenvalue weighted by atomic mass is 16.2. The molecule has 1 saturated heterocycles. The fraction of sp³-hybridized carbons (Fsp3) is 0.190. The molecule has 1 fully saturated rings. The Morgan fingerprint density at radius 1 is 1.07 bits per heavy atom. The van der Waals surface area contributed by atoms with Crippen molar-refractivity contribution < 1.29 is 9.59 Å². The van der Waals surface area contributed by atoms with Gasteiger partial charge in [0.15, 0.2) is 0 Å². The molecule has 1 aromatic heterocycles. The molecule has 136 valence electrons. The van der Waals surface area contributed by atoms with Crippen LogP contribution in [-0.2, 0) is 11.3 Å². The van der Waals surface area contributed by atoms with Gasteiger partial charge in [0, 0.05) is 43.2 Å². The lowest BCUT2D eigenvalue weighted by Crippen LogP contribution is -2.25. The van der Waals surface area contributed by atoms with Crippen molar-refractivity contribution in [2.75, 3.05) is 11.4 Å². The highest BCUT2D eigenvalue weighted by molar-refractivity contribution is 5.95. The molecule has 4 rings (SSSR count). The van der Waals surface area contributed by atoms with Gasteiger partial charge in [-0.25, -0.2) is 4.68 Å². The van der Waals surface area contributed by atoms with Gasteiger partial charge in [-0.3, -0.25) is 9.59 Å². The van der Waals surface area contributed by atoms with Gasteiger partial charge in [0.2, 0.25) is 5.91 Å². The van der Waals surface area contributed by atoms with Crippen molar-refractivity contribution >= 4 is 17.5 Å². The highest BCUT2D eigenvalue weighted by Gasteiger charge is 2.21. The lowest BCUT2D eigenvalue weighted by molar-refractivity contribution is -0.117. The second-order valence-electron chi connectivity index (χ2n) is 6.50. The van der Waals surface area contributed by atoms with Crippen LogP contribution in [0.1, 0.15) is 28.8 Å². The number of carbonyl (C=O) groups is 2. The lowest BCUT2D eigenvalue weighted by Gasteiger charge is -2.16. The van der Waals surface area contributed by atoms with Crippen molar-refractivity contribution in [2.24, 2.45) is 0 Å². The Balaban J connectivity index is 1.40. The summed E-state index contributed by atoms with van der Waals surface area (Å²) in [7, 11) is 0. The van der Waals surface area contributed by atoms with Crippen LogP contribution in [0.3, 0.4) is 0 Å². The minimum Gasteiger partial charge on any atom is -0.348 e. The first-order valence-electron chi connectivity index (χ1n) is 8.98. The van der Waals surface area contributed by atoms with E-state index >= 15 is 0 Å². The van der Waals surface area contributed by atoms with Crippen LogP contribution in [0.4, 0.5) is 5.69 Å². The van der Waals surface area contributed by atoms with E-state index in [1.54, 1.807) is 27.9 Å². The number of nitrogens with one attached hydrogen (secondary N) is 1.